The third kappa shape index (κ3) is 4.81. The summed E-state index contributed by atoms with van der Waals surface area (Å²) in [6.07, 6.45) is -2.99. The van der Waals surface area contributed by atoms with E-state index in [-0.39, 0.29) is 5.84 Å². The maximum Gasteiger partial charge on any atom is 0.216 e. The molecule has 0 aliphatic heterocycles. The fourth-order valence-corrected chi connectivity index (χ4v) is 0.693. The average Bonchev–Trinajstić information content (AvgIpc) is 2.34. The second-order valence-electron chi connectivity index (χ2n) is 2.52. The molecule has 0 amide bonds. The van der Waals surface area contributed by atoms with Crippen LogP contribution in [0.1, 0.15) is 23.5 Å². The van der Waals surface area contributed by atoms with Crippen molar-refractivity contribution in [2.24, 2.45) is 21.5 Å². The third-order valence-electron chi connectivity index (χ3n) is 1.18. The molecule has 15 heavy (non-hydrogen) atoms. The van der Waals surface area contributed by atoms with Crippen LogP contribution in [0.2, 0.25) is 0 Å². The Labute approximate surface area is 101 Å². The first-order valence-corrected chi connectivity index (χ1v) is 4.05. The molecule has 80 valence electrons. The van der Waals surface area contributed by atoms with Gasteiger partial charge in [0.2, 0.25) is 5.96 Å². The van der Waals surface area contributed by atoms with Crippen molar-refractivity contribution in [3.8, 4) is 0 Å². The van der Waals surface area contributed by atoms with Gasteiger partial charge in [-0.1, -0.05) is 30.2 Å². The molecule has 1 aromatic rings. The standard InChI is InChI=1S/C11H16N4/c1-9(12)15-11(13)14-8-7-10-5-3-2-4-6-10/h2-6H,7-8H2,1H3,(H4,12,13,14,15)/i3D,4D,5D,6D,7D2,8D2. The van der Waals surface area contributed by atoms with E-state index in [0.29, 0.717) is 0 Å². The molecule has 0 fully saturated rings. The molecule has 0 heterocycles. The van der Waals surface area contributed by atoms with Crippen LogP contribution >= 0.6 is 0 Å². The first-order chi connectivity index (χ1) is 10.3. The molecule has 0 unspecified atom stereocenters. The number of benzene rings is 1. The van der Waals surface area contributed by atoms with Gasteiger partial charge in [-0.2, -0.15) is 0 Å². The molecular weight excluding hydrogens is 188 g/mol. The second kappa shape index (κ2) is 5.80. The van der Waals surface area contributed by atoms with Gasteiger partial charge in [0, 0.05) is 9.24 Å². The molecule has 0 atom stereocenters. The molecule has 0 aliphatic carbocycles. The van der Waals surface area contributed by atoms with Crippen molar-refractivity contribution >= 4 is 11.8 Å². The van der Waals surface area contributed by atoms with Gasteiger partial charge in [0.1, 0.15) is 0 Å². The van der Waals surface area contributed by atoms with Gasteiger partial charge < -0.3 is 11.5 Å². The lowest BCUT2D eigenvalue weighted by molar-refractivity contribution is 0.962. The van der Waals surface area contributed by atoms with Crippen LogP contribution in [0, 0.1) is 0 Å². The molecule has 4 N–H and O–H groups in total. The van der Waals surface area contributed by atoms with Gasteiger partial charge in [-0.15, -0.1) is 0 Å². The molecule has 0 saturated carbocycles. The number of hydrogen-bond acceptors (Lipinski definition) is 1. The summed E-state index contributed by atoms with van der Waals surface area (Å²) in [7, 11) is 0. The SMILES string of the molecule is [2H]c1cc([2H])c([2H])c(C([2H])([2H])C([2H])([2H])N=C(N)N=C(C)N)c1[2H]. The highest BCUT2D eigenvalue weighted by Crippen LogP contribution is 1.99. The van der Waals surface area contributed by atoms with Gasteiger partial charge in [-0.25, -0.2) is 4.99 Å². The van der Waals surface area contributed by atoms with E-state index in [1.807, 2.05) is 0 Å². The van der Waals surface area contributed by atoms with Crippen molar-refractivity contribution in [2.45, 2.75) is 13.3 Å². The highest BCUT2D eigenvalue weighted by molar-refractivity contribution is 5.93. The normalized spacial score (nSPS) is 22.5. The lowest BCUT2D eigenvalue weighted by atomic mass is 10.2. The molecule has 0 spiro atoms. The zero-order valence-electron chi connectivity index (χ0n) is 16.1. The highest BCUT2D eigenvalue weighted by atomic mass is 15.1. The van der Waals surface area contributed by atoms with Gasteiger partial charge in [-0.3, -0.25) is 4.99 Å². The predicted molar refractivity (Wildman–Crippen MR) is 63.9 cm³/mol. The summed E-state index contributed by atoms with van der Waals surface area (Å²) in [4.78, 5) is 6.83. The van der Waals surface area contributed by atoms with E-state index in [4.69, 9.17) is 22.4 Å². The molecule has 1 rings (SSSR count). The van der Waals surface area contributed by atoms with E-state index in [9.17, 15) is 0 Å². The quantitative estimate of drug-likeness (QED) is 0.577. The van der Waals surface area contributed by atoms with Crippen LogP contribution in [-0.2, 0) is 6.37 Å². The van der Waals surface area contributed by atoms with Gasteiger partial charge in [0.15, 0.2) is 0 Å². The smallest absolute Gasteiger partial charge is 0.216 e. The maximum absolute atomic E-state index is 7.96. The monoisotopic (exact) mass is 212 g/mol. The molecule has 0 aliphatic rings. The molecule has 0 radical (unpaired) electrons. The first kappa shape index (κ1) is 4.35. The van der Waals surface area contributed by atoms with Crippen molar-refractivity contribution in [3.05, 3.63) is 35.8 Å². The molecular formula is C11H16N4. The summed E-state index contributed by atoms with van der Waals surface area (Å²) >= 11 is 0. The van der Waals surface area contributed by atoms with E-state index >= 15 is 0 Å². The van der Waals surface area contributed by atoms with Gasteiger partial charge in [-0.05, 0) is 18.9 Å². The summed E-state index contributed by atoms with van der Waals surface area (Å²) < 4.78 is 62.1. The zero-order valence-corrected chi connectivity index (χ0v) is 8.13. The Morgan fingerprint density at radius 3 is 2.73 bits per heavy atom. The summed E-state index contributed by atoms with van der Waals surface area (Å²) in [6, 6.07) is -1.44. The van der Waals surface area contributed by atoms with Crippen LogP contribution in [0.15, 0.2) is 40.2 Å². The van der Waals surface area contributed by atoms with Gasteiger partial charge in [0.05, 0.1) is 14.1 Å². The number of hydrogen-bond donors (Lipinski definition) is 2. The van der Waals surface area contributed by atoms with Crippen LogP contribution in [-0.4, -0.2) is 18.3 Å². The van der Waals surface area contributed by atoms with Crippen LogP contribution in [0.4, 0.5) is 0 Å². The van der Waals surface area contributed by atoms with Crippen molar-refractivity contribution in [1.29, 1.82) is 0 Å². The van der Waals surface area contributed by atoms with Crippen LogP contribution < -0.4 is 11.5 Å². The third-order valence-corrected chi connectivity index (χ3v) is 1.18. The maximum atomic E-state index is 7.96. The number of guanidine groups is 1. The fraction of sp³-hybridized carbons (Fsp3) is 0.273. The van der Waals surface area contributed by atoms with Crippen LogP contribution in [0.3, 0.4) is 0 Å². The minimum Gasteiger partial charge on any atom is -0.387 e. The number of nitrogens with two attached hydrogens (primary N) is 2. The van der Waals surface area contributed by atoms with Crippen molar-refractivity contribution in [1.82, 2.24) is 0 Å². The van der Waals surface area contributed by atoms with Crippen molar-refractivity contribution in [2.75, 3.05) is 6.50 Å². The Bertz CT molecular complexity index is 653. The number of amidine groups is 1. The van der Waals surface area contributed by atoms with Crippen molar-refractivity contribution < 1.29 is 11.0 Å². The second-order valence-corrected chi connectivity index (χ2v) is 2.52. The summed E-state index contributed by atoms with van der Waals surface area (Å²) in [6.45, 7) is -1.62. The Morgan fingerprint density at radius 2 is 2.13 bits per heavy atom. The Hall–Kier alpha value is -1.84. The largest absolute Gasteiger partial charge is 0.387 e. The minimum absolute atomic E-state index is 0.00780. The fourth-order valence-electron chi connectivity index (χ4n) is 0.693. The number of nitrogens with zero attached hydrogens (tertiary/aromatic N) is 2. The molecule has 4 heteroatoms. The Balaban J connectivity index is 3.56. The molecule has 0 aromatic heterocycles. The molecule has 4 nitrogen and oxygen atoms in total. The lowest BCUT2D eigenvalue weighted by Gasteiger charge is -1.97. The molecule has 0 bridgehead atoms. The van der Waals surface area contributed by atoms with E-state index in [1.54, 1.807) is 0 Å². The van der Waals surface area contributed by atoms with E-state index in [0.717, 1.165) is 6.07 Å². The average molecular weight is 212 g/mol. The van der Waals surface area contributed by atoms with Crippen LogP contribution in [0.25, 0.3) is 0 Å². The Kier molecular flexibility index (Phi) is 1.68. The van der Waals surface area contributed by atoms with Crippen LogP contribution in [0.5, 0.6) is 0 Å². The first-order valence-electron chi connectivity index (χ1n) is 8.05. The molecule has 0 saturated heterocycles. The van der Waals surface area contributed by atoms with E-state index < -0.39 is 48.6 Å². The Morgan fingerprint density at radius 1 is 1.47 bits per heavy atom. The van der Waals surface area contributed by atoms with E-state index in [1.165, 1.54) is 6.92 Å². The highest BCUT2D eigenvalue weighted by Gasteiger charge is 1.91. The lowest BCUT2D eigenvalue weighted by Crippen LogP contribution is -2.16. The topological polar surface area (TPSA) is 76.8 Å². The molecule has 1 aromatic carbocycles. The zero-order chi connectivity index (χ0) is 18.2. The number of rotatable bonds is 3. The van der Waals surface area contributed by atoms with Gasteiger partial charge in [0.25, 0.3) is 0 Å². The van der Waals surface area contributed by atoms with Crippen molar-refractivity contribution in [3.63, 3.8) is 0 Å². The summed E-state index contributed by atoms with van der Waals surface area (Å²) in [5.41, 5.74) is 9.92. The number of aliphatic imine (C=N–C) groups is 2. The predicted octanol–water partition coefficient (Wildman–Crippen LogP) is 0.921. The summed E-state index contributed by atoms with van der Waals surface area (Å²) in [5, 5.41) is 0. The van der Waals surface area contributed by atoms with E-state index in [2.05, 4.69) is 9.98 Å². The summed E-state index contributed by atoms with van der Waals surface area (Å²) in [5.74, 6) is -0.614. The minimum atomic E-state index is -3.00. The van der Waals surface area contributed by atoms with Gasteiger partial charge >= 0.3 is 0 Å².